The molecule has 2 aromatic carbocycles. The number of hydrogen-bond acceptors (Lipinski definition) is 5. The Bertz CT molecular complexity index is 959. The number of benzene rings is 2. The first-order chi connectivity index (χ1) is 13.9. The summed E-state index contributed by atoms with van der Waals surface area (Å²) in [5, 5.41) is 0.661. The minimum Gasteiger partial charge on any atom is -0.496 e. The molecule has 2 aromatic rings. The molecule has 1 heterocycles. The molecule has 0 unspecified atom stereocenters. The van der Waals surface area contributed by atoms with Gasteiger partial charge in [0.2, 0.25) is 10.0 Å². The smallest absolute Gasteiger partial charge is 0.257 e. The van der Waals surface area contributed by atoms with E-state index >= 15 is 0 Å². The summed E-state index contributed by atoms with van der Waals surface area (Å²) in [4.78, 5) is 15.6. The number of methoxy groups -OCH3 is 1. The number of sulfonamides is 1. The van der Waals surface area contributed by atoms with E-state index in [0.29, 0.717) is 29.6 Å². The first kappa shape index (κ1) is 22.0. The van der Waals surface area contributed by atoms with Crippen LogP contribution in [0.15, 0.2) is 52.3 Å². The fourth-order valence-electron chi connectivity index (χ4n) is 3.07. The summed E-state index contributed by atoms with van der Waals surface area (Å²) in [5.41, 5.74) is 0.271. The molecule has 0 spiro atoms. The van der Waals surface area contributed by atoms with Crippen molar-refractivity contribution >= 4 is 39.3 Å². The molecule has 1 amide bonds. The van der Waals surface area contributed by atoms with Crippen LogP contribution in [0.25, 0.3) is 0 Å². The molecule has 0 radical (unpaired) electrons. The lowest BCUT2D eigenvalue weighted by molar-refractivity contribution is 0.0789. The van der Waals surface area contributed by atoms with Crippen molar-refractivity contribution < 1.29 is 17.9 Å². The van der Waals surface area contributed by atoms with E-state index in [0.717, 1.165) is 17.7 Å². The lowest BCUT2D eigenvalue weighted by Crippen LogP contribution is -2.29. The quantitative estimate of drug-likeness (QED) is 0.486. The maximum absolute atomic E-state index is 12.8. The van der Waals surface area contributed by atoms with Crippen molar-refractivity contribution in [1.82, 2.24) is 9.62 Å². The van der Waals surface area contributed by atoms with Gasteiger partial charge in [-0.05, 0) is 55.3 Å². The lowest BCUT2D eigenvalue weighted by Gasteiger charge is -2.18. The van der Waals surface area contributed by atoms with Gasteiger partial charge < -0.3 is 9.64 Å². The van der Waals surface area contributed by atoms with Gasteiger partial charge in [-0.2, -0.15) is 0 Å². The van der Waals surface area contributed by atoms with Crippen LogP contribution in [0, 0.1) is 0 Å². The number of likely N-dealkylation sites (tertiary alicyclic amines) is 1. The minimum atomic E-state index is -3.74. The average molecular weight is 455 g/mol. The van der Waals surface area contributed by atoms with Gasteiger partial charge in [0.25, 0.3) is 5.91 Å². The Morgan fingerprint density at radius 2 is 1.86 bits per heavy atom. The molecular weight excluding hydrogens is 432 g/mol. The Morgan fingerprint density at radius 1 is 1.17 bits per heavy atom. The highest BCUT2D eigenvalue weighted by Gasteiger charge is 2.25. The number of amides is 1. The Hall–Kier alpha value is -1.74. The fraction of sp³-hybridized carbons (Fsp3) is 0.350. The Morgan fingerprint density at radius 3 is 2.52 bits per heavy atom. The van der Waals surface area contributed by atoms with Crippen LogP contribution in [0.3, 0.4) is 0 Å². The first-order valence-electron chi connectivity index (χ1n) is 9.26. The van der Waals surface area contributed by atoms with Gasteiger partial charge in [-0.3, -0.25) is 4.79 Å². The average Bonchev–Trinajstić information content (AvgIpc) is 3.26. The topological polar surface area (TPSA) is 75.7 Å². The van der Waals surface area contributed by atoms with E-state index in [1.807, 2.05) is 12.1 Å². The van der Waals surface area contributed by atoms with Crippen molar-refractivity contribution in [2.45, 2.75) is 22.6 Å². The van der Waals surface area contributed by atoms with Crippen molar-refractivity contribution in [1.29, 1.82) is 0 Å². The molecule has 0 bridgehead atoms. The summed E-state index contributed by atoms with van der Waals surface area (Å²) >= 11 is 7.39. The number of carbonyl (C=O) groups is 1. The Kier molecular flexibility index (Phi) is 7.45. The highest BCUT2D eigenvalue weighted by Crippen LogP contribution is 2.26. The molecule has 0 aromatic heterocycles. The molecule has 6 nitrogen and oxygen atoms in total. The molecular formula is C20H23ClN2O4S2. The molecule has 0 aliphatic carbocycles. The maximum atomic E-state index is 12.8. The third kappa shape index (κ3) is 5.66. The summed E-state index contributed by atoms with van der Waals surface area (Å²) in [6.45, 7) is 1.62. The molecule has 0 atom stereocenters. The summed E-state index contributed by atoms with van der Waals surface area (Å²) in [5.74, 6) is 0.741. The van der Waals surface area contributed by atoms with Crippen LogP contribution in [0.5, 0.6) is 5.75 Å². The van der Waals surface area contributed by atoms with Crippen LogP contribution in [0.2, 0.25) is 5.02 Å². The van der Waals surface area contributed by atoms with Gasteiger partial charge in [0.15, 0.2) is 0 Å². The minimum absolute atomic E-state index is 0.0531. The van der Waals surface area contributed by atoms with E-state index in [4.69, 9.17) is 16.3 Å². The van der Waals surface area contributed by atoms with Crippen molar-refractivity contribution in [2.75, 3.05) is 32.5 Å². The van der Waals surface area contributed by atoms with Crippen molar-refractivity contribution in [3.05, 3.63) is 53.1 Å². The zero-order chi connectivity index (χ0) is 20.9. The molecule has 3 rings (SSSR count). The van der Waals surface area contributed by atoms with Gasteiger partial charge in [0, 0.05) is 35.3 Å². The van der Waals surface area contributed by atoms with Gasteiger partial charge in [-0.15, -0.1) is 11.8 Å². The molecule has 1 fully saturated rings. The molecule has 0 saturated carbocycles. The van der Waals surface area contributed by atoms with Gasteiger partial charge >= 0.3 is 0 Å². The molecule has 1 aliphatic rings. The van der Waals surface area contributed by atoms with E-state index in [-0.39, 0.29) is 22.9 Å². The SMILES string of the molecule is COc1ccc(S(=O)(=O)NCCSc2ccc(Cl)cc2)cc1C(=O)N1CCCC1. The highest BCUT2D eigenvalue weighted by atomic mass is 35.5. The van der Waals surface area contributed by atoms with Crippen molar-refractivity contribution in [3.63, 3.8) is 0 Å². The van der Waals surface area contributed by atoms with Gasteiger partial charge in [-0.1, -0.05) is 11.6 Å². The molecule has 29 heavy (non-hydrogen) atoms. The van der Waals surface area contributed by atoms with Crippen LogP contribution < -0.4 is 9.46 Å². The van der Waals surface area contributed by atoms with Crippen LogP contribution in [-0.4, -0.2) is 51.7 Å². The zero-order valence-electron chi connectivity index (χ0n) is 16.1. The summed E-state index contributed by atoms with van der Waals surface area (Å²) in [6.07, 6.45) is 1.91. The fourth-order valence-corrected chi connectivity index (χ4v) is 5.15. The number of halogens is 1. The van der Waals surface area contributed by atoms with E-state index in [1.54, 1.807) is 17.0 Å². The molecule has 1 N–H and O–H groups in total. The number of rotatable bonds is 8. The largest absolute Gasteiger partial charge is 0.496 e. The maximum Gasteiger partial charge on any atom is 0.257 e. The highest BCUT2D eigenvalue weighted by molar-refractivity contribution is 7.99. The van der Waals surface area contributed by atoms with E-state index in [1.165, 1.54) is 37.1 Å². The normalized spacial score (nSPS) is 14.2. The van der Waals surface area contributed by atoms with Gasteiger partial charge in [0.05, 0.1) is 17.6 Å². The molecule has 1 saturated heterocycles. The number of ether oxygens (including phenoxy) is 1. The van der Waals surface area contributed by atoms with Crippen LogP contribution >= 0.6 is 23.4 Å². The number of thioether (sulfide) groups is 1. The standard InChI is InChI=1S/C20H23ClN2O4S2/c1-27-19-9-8-17(14-18(19)20(24)23-11-2-3-12-23)29(25,26)22-10-13-28-16-6-4-15(21)5-7-16/h4-9,14,22H,2-3,10-13H2,1H3. The summed E-state index contributed by atoms with van der Waals surface area (Å²) < 4.78 is 33.2. The Labute approximate surface area is 180 Å². The van der Waals surface area contributed by atoms with Crippen molar-refractivity contribution in [3.8, 4) is 5.75 Å². The molecule has 156 valence electrons. The summed E-state index contributed by atoms with van der Waals surface area (Å²) in [7, 11) is -2.27. The van der Waals surface area contributed by atoms with Gasteiger partial charge in [0.1, 0.15) is 5.75 Å². The predicted molar refractivity (Wildman–Crippen MR) is 115 cm³/mol. The number of carbonyl (C=O) groups excluding carboxylic acids is 1. The van der Waals surface area contributed by atoms with Gasteiger partial charge in [-0.25, -0.2) is 13.1 Å². The van der Waals surface area contributed by atoms with E-state index < -0.39 is 10.0 Å². The second kappa shape index (κ2) is 9.84. The number of nitrogens with one attached hydrogen (secondary N) is 1. The lowest BCUT2D eigenvalue weighted by atomic mass is 10.1. The van der Waals surface area contributed by atoms with E-state index in [9.17, 15) is 13.2 Å². The molecule has 1 aliphatic heterocycles. The first-order valence-corrected chi connectivity index (χ1v) is 12.1. The second-order valence-electron chi connectivity index (χ2n) is 6.56. The van der Waals surface area contributed by atoms with Crippen LogP contribution in [0.1, 0.15) is 23.2 Å². The number of nitrogens with zero attached hydrogens (tertiary/aromatic N) is 1. The number of hydrogen-bond donors (Lipinski definition) is 1. The monoisotopic (exact) mass is 454 g/mol. The summed E-state index contributed by atoms with van der Waals surface area (Å²) in [6, 6.07) is 11.7. The zero-order valence-corrected chi connectivity index (χ0v) is 18.4. The second-order valence-corrected chi connectivity index (χ2v) is 9.93. The third-order valence-electron chi connectivity index (χ3n) is 4.58. The third-order valence-corrected chi connectivity index (χ3v) is 7.31. The van der Waals surface area contributed by atoms with Crippen molar-refractivity contribution in [2.24, 2.45) is 0 Å². The van der Waals surface area contributed by atoms with Crippen LogP contribution in [-0.2, 0) is 10.0 Å². The predicted octanol–water partition coefficient (Wildman–Crippen LogP) is 3.66. The van der Waals surface area contributed by atoms with E-state index in [2.05, 4.69) is 4.72 Å². The molecule has 9 heteroatoms. The Balaban J connectivity index is 1.66. The van der Waals surface area contributed by atoms with Crippen LogP contribution in [0.4, 0.5) is 0 Å².